The third-order valence-corrected chi connectivity index (χ3v) is 6.67. The lowest BCUT2D eigenvalue weighted by Gasteiger charge is -2.30. The highest BCUT2D eigenvalue weighted by Gasteiger charge is 2.36. The molecule has 0 aliphatic carbocycles. The third-order valence-electron chi connectivity index (χ3n) is 4.64. The number of hydrogen-bond acceptors (Lipinski definition) is 8. The van der Waals surface area contributed by atoms with Gasteiger partial charge < -0.3 is 9.30 Å². The molecule has 0 bridgehead atoms. The Kier molecular flexibility index (Phi) is 6.96. The van der Waals surface area contributed by atoms with Gasteiger partial charge in [0, 0.05) is 11.4 Å². The summed E-state index contributed by atoms with van der Waals surface area (Å²) in [5.41, 5.74) is 1.77. The van der Waals surface area contributed by atoms with Gasteiger partial charge in [-0.15, -0.1) is 0 Å². The van der Waals surface area contributed by atoms with Crippen molar-refractivity contribution in [3.8, 4) is 0 Å². The van der Waals surface area contributed by atoms with Crippen LogP contribution >= 0.6 is 27.8 Å². The summed E-state index contributed by atoms with van der Waals surface area (Å²) in [6.45, 7) is 2.55. The first-order valence-corrected chi connectivity index (χ1v) is 12.4. The zero-order chi connectivity index (χ0) is 21.8. The fourth-order valence-corrected chi connectivity index (χ4v) is 5.26. The second-order valence-corrected chi connectivity index (χ2v) is 9.55. The van der Waals surface area contributed by atoms with Crippen LogP contribution in [0.5, 0.6) is 0 Å². The third kappa shape index (κ3) is 5.29. The molecule has 1 N–H and O–H groups in total. The van der Waals surface area contributed by atoms with Gasteiger partial charge in [0.2, 0.25) is 0 Å². The predicted octanol–water partition coefficient (Wildman–Crippen LogP) is 4.83. The average molecular weight is 484 g/mol. The number of nitrogens with one attached hydrogen (secondary N) is 1. The van der Waals surface area contributed by atoms with E-state index in [0.29, 0.717) is 29.2 Å². The van der Waals surface area contributed by atoms with Gasteiger partial charge in [-0.25, -0.2) is 19.5 Å². The summed E-state index contributed by atoms with van der Waals surface area (Å²) in [7, 11) is -3.78. The van der Waals surface area contributed by atoms with Crippen LogP contribution in [-0.2, 0) is 29.5 Å². The van der Waals surface area contributed by atoms with E-state index in [1.165, 1.54) is 6.33 Å². The average Bonchev–Trinajstić information content (AvgIpc) is 3.16. The first kappa shape index (κ1) is 22.3. The van der Waals surface area contributed by atoms with Crippen LogP contribution in [0.3, 0.4) is 0 Å². The van der Waals surface area contributed by atoms with Crippen molar-refractivity contribution in [3.63, 3.8) is 0 Å². The van der Waals surface area contributed by atoms with E-state index in [0.717, 1.165) is 5.56 Å². The van der Waals surface area contributed by atoms with Crippen LogP contribution in [0.4, 0.5) is 5.82 Å². The Morgan fingerprint density at radius 1 is 1.42 bits per heavy atom. The lowest BCUT2D eigenvalue weighted by molar-refractivity contribution is 0.0842. The van der Waals surface area contributed by atoms with Crippen LogP contribution in [0.2, 0.25) is 5.02 Å². The molecule has 1 saturated heterocycles. The molecule has 13 heteroatoms. The van der Waals surface area contributed by atoms with Crippen LogP contribution in [0.15, 0.2) is 36.9 Å². The van der Waals surface area contributed by atoms with Gasteiger partial charge in [-0.3, -0.25) is 18.7 Å². The molecule has 0 radical (unpaired) electrons. The van der Waals surface area contributed by atoms with Gasteiger partial charge in [0.1, 0.15) is 12.7 Å². The molecule has 4 rings (SSSR count). The Labute approximate surface area is 185 Å². The summed E-state index contributed by atoms with van der Waals surface area (Å²) in [6.07, 6.45) is 2.95. The van der Waals surface area contributed by atoms with Crippen molar-refractivity contribution in [2.45, 2.75) is 32.1 Å². The molecule has 1 aliphatic rings. The number of rotatable bonds is 8. The summed E-state index contributed by atoms with van der Waals surface area (Å²) in [4.78, 5) is 12.8. The molecule has 2 unspecified atom stereocenters. The Morgan fingerprint density at radius 2 is 2.29 bits per heavy atom. The number of hydrogen-bond donors (Lipinski definition) is 1. The smallest absolute Gasteiger partial charge is 0.365 e. The number of ether oxygens (including phenoxy) is 1. The summed E-state index contributed by atoms with van der Waals surface area (Å²) < 4.78 is 42.3. The summed E-state index contributed by atoms with van der Waals surface area (Å²) >= 11 is 6.07. The highest BCUT2D eigenvalue weighted by Crippen LogP contribution is 2.55. The topological polar surface area (TPSA) is 117 Å². The van der Waals surface area contributed by atoms with Gasteiger partial charge in [-0.2, -0.15) is 0 Å². The molecule has 3 atom stereocenters. The fourth-order valence-electron chi connectivity index (χ4n) is 3.24. The Bertz CT molecular complexity index is 1130. The minimum absolute atomic E-state index is 0.0740. The Balaban J connectivity index is 1.53. The van der Waals surface area contributed by atoms with Gasteiger partial charge in [-0.1, -0.05) is 23.7 Å². The quantitative estimate of drug-likeness (QED) is 0.449. The summed E-state index contributed by atoms with van der Waals surface area (Å²) in [6, 6.07) is 7.23. The number of fused-ring (bicyclic) bond motifs is 1. The normalized spacial score (nSPS) is 22.6. The molecular weight excluding hydrogens is 464 g/mol. The first-order valence-electron chi connectivity index (χ1n) is 9.51. The van der Waals surface area contributed by atoms with Crippen molar-refractivity contribution in [2.75, 3.05) is 18.0 Å². The first-order chi connectivity index (χ1) is 15.0. The van der Waals surface area contributed by atoms with Crippen LogP contribution in [-0.4, -0.2) is 38.6 Å². The maximum atomic E-state index is 13.3. The number of nitrogens with zero attached hydrogens (tertiary/aromatic N) is 4. The zero-order valence-electron chi connectivity index (χ0n) is 16.5. The summed E-state index contributed by atoms with van der Waals surface area (Å²) in [5.74, 6) is 0.241. The molecule has 0 saturated carbocycles. The molecule has 3 heterocycles. The lowest BCUT2D eigenvalue weighted by atomic mass is 10.1. The minimum atomic E-state index is -3.70. The van der Waals surface area contributed by atoms with E-state index >= 15 is 0 Å². The molecule has 1 fully saturated rings. The van der Waals surface area contributed by atoms with Gasteiger partial charge in [0.15, 0.2) is 25.4 Å². The van der Waals surface area contributed by atoms with E-state index < -0.39 is 13.9 Å². The minimum Gasteiger partial charge on any atom is -0.365 e. The van der Waals surface area contributed by atoms with E-state index in [9.17, 15) is 9.13 Å². The molecular formula is C18H20ClN5O5P2. The van der Waals surface area contributed by atoms with Crippen LogP contribution in [0, 0.1) is 0 Å². The van der Waals surface area contributed by atoms with E-state index in [2.05, 4.69) is 20.0 Å². The van der Waals surface area contributed by atoms with Gasteiger partial charge in [0.25, 0.3) is 0 Å². The molecule has 10 nitrogen and oxygen atoms in total. The van der Waals surface area contributed by atoms with Crippen LogP contribution in [0.1, 0.15) is 25.0 Å². The SMILES string of the molecule is C[C@H](Cn1cnc2c(NP3(=O)OCCC(c4cccc(Cl)c4)O3)ncnc21)OCP=O. The molecule has 31 heavy (non-hydrogen) atoms. The lowest BCUT2D eigenvalue weighted by Crippen LogP contribution is -2.18. The highest BCUT2D eigenvalue weighted by molar-refractivity contribution is 7.55. The van der Waals surface area contributed by atoms with Crippen molar-refractivity contribution in [2.24, 2.45) is 0 Å². The molecule has 0 amide bonds. The standard InChI is InChI=1S/C18H20ClN5O5P2/c1-12(27-11-30-25)8-24-10-22-16-17(20-9-21-18(16)24)23-31(26)28-6-5-15(29-31)13-3-2-4-14(19)7-13/h2-4,7,9-10,12,15H,5-6,8,11H2,1H3,(H,20,21,23,26)/t12-,15?,31?/m1/s1. The number of imidazole rings is 1. The second kappa shape index (κ2) is 9.69. The number of benzene rings is 1. The van der Waals surface area contributed by atoms with E-state index in [1.54, 1.807) is 23.0 Å². The molecule has 2 aromatic heterocycles. The van der Waals surface area contributed by atoms with Crippen molar-refractivity contribution in [1.82, 2.24) is 19.5 Å². The number of aromatic nitrogens is 4. The van der Waals surface area contributed by atoms with E-state index in [1.807, 2.05) is 19.1 Å². The maximum Gasteiger partial charge on any atom is 0.434 e. The van der Waals surface area contributed by atoms with Crippen LogP contribution in [0.25, 0.3) is 11.2 Å². The van der Waals surface area contributed by atoms with Crippen molar-refractivity contribution >= 4 is 44.8 Å². The monoisotopic (exact) mass is 483 g/mol. The Hall–Kier alpha value is -1.93. The number of anilines is 1. The second-order valence-electron chi connectivity index (χ2n) is 6.91. The predicted molar refractivity (Wildman–Crippen MR) is 115 cm³/mol. The van der Waals surface area contributed by atoms with Crippen LogP contribution < -0.4 is 5.09 Å². The molecule has 3 aromatic rings. The van der Waals surface area contributed by atoms with Crippen molar-refractivity contribution < 1.29 is 22.9 Å². The fraction of sp³-hybridized carbons (Fsp3) is 0.389. The zero-order valence-corrected chi connectivity index (χ0v) is 19.1. The van der Waals surface area contributed by atoms with Crippen molar-refractivity contribution in [1.29, 1.82) is 0 Å². The molecule has 0 spiro atoms. The summed E-state index contributed by atoms with van der Waals surface area (Å²) in [5, 5.41) is 3.37. The number of halogens is 1. The van der Waals surface area contributed by atoms with Gasteiger partial charge >= 0.3 is 7.75 Å². The van der Waals surface area contributed by atoms with Gasteiger partial charge in [0.05, 0.1) is 31.7 Å². The highest BCUT2D eigenvalue weighted by atomic mass is 35.5. The molecule has 1 aromatic carbocycles. The molecule has 1 aliphatic heterocycles. The maximum absolute atomic E-state index is 13.3. The van der Waals surface area contributed by atoms with Gasteiger partial charge in [-0.05, 0) is 24.6 Å². The van der Waals surface area contributed by atoms with Crippen molar-refractivity contribution in [3.05, 3.63) is 47.5 Å². The molecule has 164 valence electrons. The van der Waals surface area contributed by atoms with E-state index in [4.69, 9.17) is 25.4 Å². The largest absolute Gasteiger partial charge is 0.434 e. The Morgan fingerprint density at radius 3 is 3.10 bits per heavy atom. The van der Waals surface area contributed by atoms with E-state index in [-0.39, 0.29) is 33.3 Å².